The fourth-order valence-corrected chi connectivity index (χ4v) is 9.76. The molecular formula is C53H56ClFN12O7. The van der Waals surface area contributed by atoms with E-state index >= 15 is 0 Å². The lowest BCUT2D eigenvalue weighted by Gasteiger charge is -2.35. The van der Waals surface area contributed by atoms with E-state index in [0.717, 1.165) is 62.0 Å². The van der Waals surface area contributed by atoms with Gasteiger partial charge in [-0.05, 0) is 124 Å². The van der Waals surface area contributed by atoms with E-state index in [-0.39, 0.29) is 60.0 Å². The molecule has 3 fully saturated rings. The topological polar surface area (TPSA) is 230 Å². The van der Waals surface area contributed by atoms with Crippen molar-refractivity contribution >= 4 is 87.6 Å². The molecule has 8 amide bonds. The van der Waals surface area contributed by atoms with Gasteiger partial charge in [0.25, 0.3) is 17.7 Å². The van der Waals surface area contributed by atoms with Crippen molar-refractivity contribution in [2.45, 2.75) is 51.0 Å². The Hall–Kier alpha value is -7.97. The first kappa shape index (κ1) is 51.0. The zero-order valence-electron chi connectivity index (χ0n) is 40.5. The number of para-hydroxylation sites is 1. The summed E-state index contributed by atoms with van der Waals surface area (Å²) in [5.41, 5.74) is 3.88. The Morgan fingerprint density at radius 3 is 2.20 bits per heavy atom. The van der Waals surface area contributed by atoms with Crippen molar-refractivity contribution in [1.29, 1.82) is 0 Å². The highest BCUT2D eigenvalue weighted by Crippen LogP contribution is 2.33. The molecule has 9 rings (SSSR count). The highest BCUT2D eigenvalue weighted by Gasteiger charge is 2.45. The van der Waals surface area contributed by atoms with Gasteiger partial charge in [-0.25, -0.2) is 14.2 Å². The van der Waals surface area contributed by atoms with Gasteiger partial charge in [0.2, 0.25) is 23.7 Å². The van der Waals surface area contributed by atoms with Crippen LogP contribution in [-0.4, -0.2) is 136 Å². The Labute approximate surface area is 431 Å². The lowest BCUT2D eigenvalue weighted by molar-refractivity contribution is -0.136. The second-order valence-electron chi connectivity index (χ2n) is 18.7. The maximum absolute atomic E-state index is 14.8. The van der Waals surface area contributed by atoms with Crippen molar-refractivity contribution in [3.8, 4) is 0 Å². The second kappa shape index (κ2) is 23.3. The summed E-state index contributed by atoms with van der Waals surface area (Å²) in [5.74, 6) is -2.57. The SMILES string of the molecule is O=C1CCC(N2C(=O)c3cccc(NCCCN4CCC(CCNC(=O)N5CCN(C(=O)Cc6ccc(Nc7ncc(F)c(Nc8ccc(C(=O)Nc9ccccc9Cl)cc8)n7)cc6)CC5)CC4)c3C2=O)C(=O)N1. The van der Waals surface area contributed by atoms with Crippen molar-refractivity contribution in [3.63, 3.8) is 0 Å². The largest absolute Gasteiger partial charge is 0.384 e. The molecule has 4 aromatic carbocycles. The van der Waals surface area contributed by atoms with Crippen LogP contribution in [0.3, 0.4) is 0 Å². The van der Waals surface area contributed by atoms with Gasteiger partial charge < -0.3 is 41.3 Å². The highest BCUT2D eigenvalue weighted by atomic mass is 35.5. The molecule has 6 N–H and O–H groups in total. The molecule has 1 unspecified atom stereocenters. The monoisotopic (exact) mass is 1030 g/mol. The number of aromatic nitrogens is 2. The van der Waals surface area contributed by atoms with Gasteiger partial charge in [0.15, 0.2) is 11.6 Å². The zero-order chi connectivity index (χ0) is 51.7. The van der Waals surface area contributed by atoms with E-state index in [0.29, 0.717) is 78.5 Å². The summed E-state index contributed by atoms with van der Waals surface area (Å²) in [6.45, 7) is 5.70. The van der Waals surface area contributed by atoms with Gasteiger partial charge in [0, 0.05) is 68.3 Å². The lowest BCUT2D eigenvalue weighted by Crippen LogP contribution is -2.54. The number of amides is 8. The standard InChI is InChI=1S/C53H56ClFN12O7/c54-39-6-1-2-7-41(39)61-48(70)35-11-15-36(16-12-35)59-47-40(55)32-58-52(63-47)60-37-13-9-34(10-14-37)31-45(69)65-27-29-66(30-28-65)53(74)57-23-19-33-20-25-64(26-21-33)24-4-22-56-42-8-3-5-38-46(42)51(73)67(50(38)72)43-17-18-44(68)62-49(43)71/h1-3,5-16,32-33,43,56H,4,17-31H2,(H,57,74)(H,61,70)(H,62,68,71)(H2,58,59,60,63). The predicted molar refractivity (Wildman–Crippen MR) is 276 cm³/mol. The molecule has 1 atom stereocenters. The first-order chi connectivity index (χ1) is 35.9. The summed E-state index contributed by atoms with van der Waals surface area (Å²) in [6, 6.07) is 24.5. The average Bonchev–Trinajstić information content (AvgIpc) is 3.66. The van der Waals surface area contributed by atoms with Crippen molar-refractivity contribution in [3.05, 3.63) is 130 Å². The van der Waals surface area contributed by atoms with Crippen LogP contribution in [-0.2, 0) is 20.8 Å². The molecule has 0 saturated carbocycles. The summed E-state index contributed by atoms with van der Waals surface area (Å²) in [6.07, 6.45) is 5.18. The number of rotatable bonds is 17. The third kappa shape index (κ3) is 12.3. The summed E-state index contributed by atoms with van der Waals surface area (Å²) < 4.78 is 14.8. The third-order valence-electron chi connectivity index (χ3n) is 13.7. The number of piperazine rings is 1. The van der Waals surface area contributed by atoms with Gasteiger partial charge in [-0.2, -0.15) is 4.98 Å². The van der Waals surface area contributed by atoms with Crippen molar-refractivity contribution < 1.29 is 38.0 Å². The number of nitrogens with one attached hydrogen (secondary N) is 6. The number of nitrogens with zero attached hydrogens (tertiary/aromatic N) is 6. The number of piperidine rings is 2. The first-order valence-electron chi connectivity index (χ1n) is 24.8. The van der Waals surface area contributed by atoms with Crippen molar-refractivity contribution in [2.24, 2.45) is 5.92 Å². The quantitative estimate of drug-likeness (QED) is 0.0438. The maximum Gasteiger partial charge on any atom is 0.317 e. The van der Waals surface area contributed by atoms with Gasteiger partial charge in [-0.3, -0.25) is 39.0 Å². The Bertz CT molecular complexity index is 2930. The number of urea groups is 1. The minimum Gasteiger partial charge on any atom is -0.384 e. The molecule has 21 heteroatoms. The third-order valence-corrected chi connectivity index (χ3v) is 14.1. The molecule has 0 radical (unpaired) electrons. The molecule has 5 heterocycles. The molecule has 5 aromatic rings. The van der Waals surface area contributed by atoms with Gasteiger partial charge in [-0.1, -0.05) is 41.9 Å². The zero-order valence-corrected chi connectivity index (χ0v) is 41.3. The smallest absolute Gasteiger partial charge is 0.317 e. The summed E-state index contributed by atoms with van der Waals surface area (Å²) in [4.78, 5) is 105. The number of hydrogen-bond donors (Lipinski definition) is 6. The summed E-state index contributed by atoms with van der Waals surface area (Å²) in [5, 5.41) is 17.8. The van der Waals surface area contributed by atoms with Crippen LogP contribution in [0.25, 0.3) is 0 Å². The van der Waals surface area contributed by atoms with E-state index in [1.807, 2.05) is 12.1 Å². The normalized spacial score (nSPS) is 17.2. The number of carbonyl (C=O) groups is 7. The molecule has 3 saturated heterocycles. The molecule has 1 aromatic heterocycles. The van der Waals surface area contributed by atoms with E-state index in [4.69, 9.17) is 11.6 Å². The molecule has 384 valence electrons. The molecule has 4 aliphatic heterocycles. The van der Waals surface area contributed by atoms with E-state index in [1.54, 1.807) is 88.7 Å². The Balaban J connectivity index is 0.639. The molecule has 0 bridgehead atoms. The number of halogens is 2. The van der Waals surface area contributed by atoms with Crippen LogP contribution in [0.15, 0.2) is 97.2 Å². The molecule has 0 spiro atoms. The Kier molecular flexibility index (Phi) is 16.0. The van der Waals surface area contributed by atoms with E-state index in [9.17, 15) is 38.0 Å². The summed E-state index contributed by atoms with van der Waals surface area (Å²) >= 11 is 6.16. The number of benzene rings is 4. The fraction of sp³-hybridized carbons (Fsp3) is 0.340. The minimum atomic E-state index is -1.01. The number of carbonyl (C=O) groups excluding carboxylic acids is 7. The van der Waals surface area contributed by atoms with Gasteiger partial charge >= 0.3 is 6.03 Å². The van der Waals surface area contributed by atoms with Crippen LogP contribution < -0.4 is 31.9 Å². The molecule has 19 nitrogen and oxygen atoms in total. The number of hydrogen-bond acceptors (Lipinski definition) is 13. The lowest BCUT2D eigenvalue weighted by atomic mass is 9.93. The van der Waals surface area contributed by atoms with E-state index < -0.39 is 35.5 Å². The minimum absolute atomic E-state index is 0.0335. The predicted octanol–water partition coefficient (Wildman–Crippen LogP) is 6.41. The van der Waals surface area contributed by atoms with Crippen molar-refractivity contribution in [2.75, 3.05) is 80.2 Å². The Morgan fingerprint density at radius 2 is 1.46 bits per heavy atom. The highest BCUT2D eigenvalue weighted by molar-refractivity contribution is 6.34. The van der Waals surface area contributed by atoms with E-state index in [2.05, 4.69) is 46.8 Å². The molecular weight excluding hydrogens is 971 g/mol. The Morgan fingerprint density at radius 1 is 0.757 bits per heavy atom. The van der Waals surface area contributed by atoms with Crippen LogP contribution in [0.5, 0.6) is 0 Å². The van der Waals surface area contributed by atoms with Gasteiger partial charge in [0.1, 0.15) is 6.04 Å². The average molecular weight is 1030 g/mol. The van der Waals surface area contributed by atoms with Crippen LogP contribution in [0.1, 0.15) is 75.2 Å². The van der Waals surface area contributed by atoms with Gasteiger partial charge in [0.05, 0.1) is 34.5 Å². The number of anilines is 6. The van der Waals surface area contributed by atoms with Gasteiger partial charge in [-0.15, -0.1) is 0 Å². The molecule has 74 heavy (non-hydrogen) atoms. The van der Waals surface area contributed by atoms with Crippen molar-refractivity contribution in [1.82, 2.24) is 40.2 Å². The van der Waals surface area contributed by atoms with Crippen LogP contribution in [0, 0.1) is 11.7 Å². The number of imide groups is 2. The fourth-order valence-electron chi connectivity index (χ4n) is 9.58. The number of fused-ring (bicyclic) bond motifs is 1. The van der Waals surface area contributed by atoms with Crippen LogP contribution in [0.2, 0.25) is 5.02 Å². The van der Waals surface area contributed by atoms with Crippen LogP contribution >= 0.6 is 11.6 Å². The maximum atomic E-state index is 14.8. The van der Waals surface area contributed by atoms with Crippen LogP contribution in [0.4, 0.5) is 43.7 Å². The summed E-state index contributed by atoms with van der Waals surface area (Å²) in [7, 11) is 0. The second-order valence-corrected chi connectivity index (χ2v) is 19.1. The van der Waals surface area contributed by atoms with E-state index in [1.165, 1.54) is 0 Å². The first-order valence-corrected chi connectivity index (χ1v) is 25.2. The number of likely N-dealkylation sites (tertiary alicyclic amines) is 1. The molecule has 4 aliphatic rings. The molecule has 0 aliphatic carbocycles.